The number of nitrogens with one attached hydrogen (secondary N) is 1. The van der Waals surface area contributed by atoms with Crippen LogP contribution in [0.4, 0.5) is 0 Å². The van der Waals surface area contributed by atoms with Crippen molar-refractivity contribution in [3.8, 4) is 0 Å². The minimum atomic E-state index is -1.66. The van der Waals surface area contributed by atoms with Gasteiger partial charge in [0.2, 0.25) is 0 Å². The maximum absolute atomic E-state index is 9.97. The first kappa shape index (κ1) is 17.0. The maximum atomic E-state index is 9.97. The highest BCUT2D eigenvalue weighted by Crippen LogP contribution is 2.27. The largest absolute Gasteiger partial charge is 0.394 e. The number of hydrogen-bond acceptors (Lipinski definition) is 9. The average Bonchev–Trinajstić information content (AvgIpc) is 2.47. The molecule has 2 saturated heterocycles. The van der Waals surface area contributed by atoms with Gasteiger partial charge in [-0.3, -0.25) is 0 Å². The van der Waals surface area contributed by atoms with Crippen LogP contribution in [0.3, 0.4) is 0 Å². The lowest BCUT2D eigenvalue weighted by Crippen LogP contribution is -2.66. The van der Waals surface area contributed by atoms with Gasteiger partial charge < -0.3 is 45.8 Å². The molecule has 9 atom stereocenters. The Bertz CT molecular complexity index is 345. The van der Waals surface area contributed by atoms with Crippen LogP contribution in [0.1, 0.15) is 12.8 Å². The molecule has 0 aliphatic carbocycles. The molecular weight excluding hydrogens is 286 g/mol. The molecule has 8 N–H and O–H groups in total. The molecule has 0 aromatic carbocycles. The predicted molar refractivity (Wildman–Crippen MR) is 67.9 cm³/mol. The van der Waals surface area contributed by atoms with Crippen LogP contribution in [-0.4, -0.2) is 97.4 Å². The summed E-state index contributed by atoms with van der Waals surface area (Å²) in [5.74, 6) is 0. The van der Waals surface area contributed by atoms with Crippen LogP contribution >= 0.6 is 0 Å². The van der Waals surface area contributed by atoms with Crippen molar-refractivity contribution in [1.82, 2.24) is 5.32 Å². The molecule has 2 aliphatic rings. The van der Waals surface area contributed by atoms with E-state index >= 15 is 0 Å². The Kier molecular flexibility index (Phi) is 5.52. The second-order valence-electron chi connectivity index (χ2n) is 5.72. The third-order valence-corrected chi connectivity index (χ3v) is 4.15. The Morgan fingerprint density at radius 3 is 2.29 bits per heavy atom. The Morgan fingerprint density at radius 2 is 1.67 bits per heavy atom. The summed E-state index contributed by atoms with van der Waals surface area (Å²) >= 11 is 0. The van der Waals surface area contributed by atoms with Gasteiger partial charge in [-0.1, -0.05) is 0 Å². The lowest BCUT2D eigenvalue weighted by Gasteiger charge is -2.45. The van der Waals surface area contributed by atoms with Crippen LogP contribution in [0.2, 0.25) is 0 Å². The molecule has 9 heteroatoms. The molecule has 0 aromatic heterocycles. The monoisotopic (exact) mass is 309 g/mol. The summed E-state index contributed by atoms with van der Waals surface area (Å²) in [6.45, 7) is -0.491. The Hall–Kier alpha value is -0.360. The summed E-state index contributed by atoms with van der Waals surface area (Å²) in [7, 11) is 0. The van der Waals surface area contributed by atoms with E-state index in [1.165, 1.54) is 0 Å². The number of piperidine rings is 1. The standard InChI is InChI=1S/C12H23NO8/c14-3-7(16)5-1-4(15)2-6(13-5)11-9(18)8(17)10(19)12(20)21-11/h4-20H,1-3H2/t4-,5-,6+,7+,8-,9+,10+,11+,12+/m0/s1. The molecule has 9 nitrogen and oxygen atoms in total. The fourth-order valence-electron chi connectivity index (χ4n) is 2.94. The quantitative estimate of drug-likeness (QED) is 0.257. The zero-order valence-electron chi connectivity index (χ0n) is 11.4. The van der Waals surface area contributed by atoms with Gasteiger partial charge in [-0.2, -0.15) is 0 Å². The lowest BCUT2D eigenvalue weighted by molar-refractivity contribution is -0.289. The van der Waals surface area contributed by atoms with Crippen LogP contribution in [0.5, 0.6) is 0 Å². The van der Waals surface area contributed by atoms with Crippen LogP contribution in [-0.2, 0) is 4.74 Å². The Labute approximate surface area is 121 Å². The number of ether oxygens (including phenoxy) is 1. The summed E-state index contributed by atoms with van der Waals surface area (Å²) in [6.07, 6.45) is -8.89. The molecule has 2 rings (SSSR count). The minimum Gasteiger partial charge on any atom is -0.394 e. The number of aliphatic hydroxyl groups excluding tert-OH is 7. The normalized spacial score (nSPS) is 49.9. The summed E-state index contributed by atoms with van der Waals surface area (Å²) < 4.78 is 5.11. The Balaban J connectivity index is 2.08. The van der Waals surface area contributed by atoms with Crippen molar-refractivity contribution < 1.29 is 40.5 Å². The van der Waals surface area contributed by atoms with Crippen molar-refractivity contribution in [2.24, 2.45) is 0 Å². The molecule has 21 heavy (non-hydrogen) atoms. The fraction of sp³-hybridized carbons (Fsp3) is 1.00. The van der Waals surface area contributed by atoms with E-state index in [0.29, 0.717) is 0 Å². The van der Waals surface area contributed by atoms with Crippen molar-refractivity contribution in [3.05, 3.63) is 0 Å². The fourth-order valence-corrected chi connectivity index (χ4v) is 2.94. The Morgan fingerprint density at radius 1 is 1.00 bits per heavy atom. The van der Waals surface area contributed by atoms with Gasteiger partial charge in [0.15, 0.2) is 6.29 Å². The van der Waals surface area contributed by atoms with Crippen molar-refractivity contribution in [1.29, 1.82) is 0 Å². The molecular formula is C12H23NO8. The summed E-state index contributed by atoms with van der Waals surface area (Å²) in [5.41, 5.74) is 0. The van der Waals surface area contributed by atoms with Crippen LogP contribution < -0.4 is 5.32 Å². The molecule has 0 bridgehead atoms. The van der Waals surface area contributed by atoms with Crippen molar-refractivity contribution in [3.63, 3.8) is 0 Å². The first-order valence-electron chi connectivity index (χ1n) is 6.96. The molecule has 2 aliphatic heterocycles. The lowest BCUT2D eigenvalue weighted by atomic mass is 9.85. The average molecular weight is 309 g/mol. The molecule has 0 radical (unpaired) electrons. The summed E-state index contributed by atoms with van der Waals surface area (Å²) in [4.78, 5) is 0. The maximum Gasteiger partial charge on any atom is 0.184 e. The SMILES string of the molecule is OC[C@@H](O)[C@@H]1C[C@H](O)C[C@H]([C@H]2O[C@@H](O)[C@H](O)[C@@H](O)[C@H]2O)N1. The van der Waals surface area contributed by atoms with E-state index in [9.17, 15) is 30.6 Å². The highest BCUT2D eigenvalue weighted by molar-refractivity contribution is 4.99. The smallest absolute Gasteiger partial charge is 0.184 e. The van der Waals surface area contributed by atoms with E-state index in [-0.39, 0.29) is 12.8 Å². The first-order chi connectivity index (χ1) is 9.85. The topological polar surface area (TPSA) is 163 Å². The third-order valence-electron chi connectivity index (χ3n) is 4.15. The second-order valence-corrected chi connectivity index (χ2v) is 5.72. The van der Waals surface area contributed by atoms with Gasteiger partial charge in [-0.25, -0.2) is 0 Å². The van der Waals surface area contributed by atoms with E-state index in [4.69, 9.17) is 9.84 Å². The number of hydrogen-bond donors (Lipinski definition) is 8. The predicted octanol–water partition coefficient (Wildman–Crippen LogP) is -4.38. The molecule has 0 amide bonds. The molecule has 0 saturated carbocycles. The third kappa shape index (κ3) is 3.52. The van der Waals surface area contributed by atoms with Gasteiger partial charge in [-0.05, 0) is 12.8 Å². The van der Waals surface area contributed by atoms with E-state index in [1.54, 1.807) is 0 Å². The molecule has 0 aromatic rings. The molecule has 0 spiro atoms. The zero-order valence-corrected chi connectivity index (χ0v) is 11.4. The summed E-state index contributed by atoms with van der Waals surface area (Å²) in [6, 6.07) is -1.27. The van der Waals surface area contributed by atoms with Gasteiger partial charge in [0.25, 0.3) is 0 Å². The van der Waals surface area contributed by atoms with Gasteiger partial charge in [0, 0.05) is 12.1 Å². The first-order valence-corrected chi connectivity index (χ1v) is 6.96. The van der Waals surface area contributed by atoms with Gasteiger partial charge in [-0.15, -0.1) is 0 Å². The number of rotatable bonds is 3. The van der Waals surface area contributed by atoms with Crippen molar-refractivity contribution >= 4 is 0 Å². The van der Waals surface area contributed by atoms with Crippen LogP contribution in [0.25, 0.3) is 0 Å². The van der Waals surface area contributed by atoms with E-state index in [1.807, 2.05) is 0 Å². The zero-order chi connectivity index (χ0) is 15.7. The second kappa shape index (κ2) is 6.82. The molecule has 2 heterocycles. The van der Waals surface area contributed by atoms with E-state index in [2.05, 4.69) is 5.32 Å². The van der Waals surface area contributed by atoms with Gasteiger partial charge >= 0.3 is 0 Å². The molecule has 2 fully saturated rings. The van der Waals surface area contributed by atoms with E-state index in [0.717, 1.165) is 0 Å². The summed E-state index contributed by atoms with van der Waals surface area (Å²) in [5, 5.41) is 70.0. The highest BCUT2D eigenvalue weighted by atomic mass is 16.6. The molecule has 0 unspecified atom stereocenters. The highest BCUT2D eigenvalue weighted by Gasteiger charge is 2.48. The number of aliphatic hydroxyl groups is 7. The minimum absolute atomic E-state index is 0.173. The van der Waals surface area contributed by atoms with Crippen molar-refractivity contribution in [2.75, 3.05) is 6.61 Å². The van der Waals surface area contributed by atoms with Crippen LogP contribution in [0.15, 0.2) is 0 Å². The molecule has 124 valence electrons. The van der Waals surface area contributed by atoms with E-state index < -0.39 is 61.6 Å². The van der Waals surface area contributed by atoms with Crippen LogP contribution in [0, 0.1) is 0 Å². The van der Waals surface area contributed by atoms with Crippen molar-refractivity contribution in [2.45, 2.75) is 67.8 Å². The van der Waals surface area contributed by atoms with Gasteiger partial charge in [0.05, 0.1) is 18.8 Å². The van der Waals surface area contributed by atoms with Gasteiger partial charge in [0.1, 0.15) is 24.4 Å².